The highest BCUT2D eigenvalue weighted by Crippen LogP contribution is 2.47. The van der Waals surface area contributed by atoms with Crippen LogP contribution >= 0.6 is 23.5 Å². The molecule has 5 nitrogen and oxygen atoms in total. The minimum atomic E-state index is -1.09. The second-order valence-corrected chi connectivity index (χ2v) is 11.2. The second-order valence-electron chi connectivity index (χ2n) is 9.95. The molecule has 2 N–H and O–H groups in total. The average Bonchev–Trinajstić information content (AvgIpc) is 2.92. The van der Waals surface area contributed by atoms with Crippen LogP contribution in [0.3, 0.4) is 0 Å². The van der Waals surface area contributed by atoms with E-state index in [-0.39, 0.29) is 22.6 Å². The molecule has 4 aromatic carbocycles. The second kappa shape index (κ2) is 11.3. The first-order chi connectivity index (χ1) is 18.7. The molecule has 0 amide bonds. The summed E-state index contributed by atoms with van der Waals surface area (Å²) in [5.41, 5.74) is 5.10. The maximum atomic E-state index is 14.3. The van der Waals surface area contributed by atoms with Crippen molar-refractivity contribution < 1.29 is 14.3 Å². The van der Waals surface area contributed by atoms with E-state index in [2.05, 4.69) is 47.7 Å². The summed E-state index contributed by atoms with van der Waals surface area (Å²) in [6, 6.07) is 25.9. The molecule has 39 heavy (non-hydrogen) atoms. The van der Waals surface area contributed by atoms with E-state index < -0.39 is 5.97 Å². The van der Waals surface area contributed by atoms with Gasteiger partial charge in [0, 0.05) is 28.9 Å². The van der Waals surface area contributed by atoms with Gasteiger partial charge in [-0.15, -0.1) is 0 Å². The number of fused-ring (bicyclic) bond motifs is 1. The summed E-state index contributed by atoms with van der Waals surface area (Å²) in [5.74, 6) is -0.961. The summed E-state index contributed by atoms with van der Waals surface area (Å²) in [7, 11) is 1.89. The third-order valence-electron chi connectivity index (χ3n) is 6.75. The maximum absolute atomic E-state index is 14.3. The number of rotatable bonds is 7. The van der Waals surface area contributed by atoms with Gasteiger partial charge < -0.3 is 14.9 Å². The molecule has 1 heterocycles. The van der Waals surface area contributed by atoms with Crippen molar-refractivity contribution >= 4 is 52.3 Å². The summed E-state index contributed by atoms with van der Waals surface area (Å²) < 4.78 is 17.9. The SMILES string of the molecule is CC(C)CC1NSc2cc(-c3ccc(Cl)c(C(=O)O)c3)c(N(C)c3cccc(F)c3)cc2N1c1ccccc1. The third-order valence-corrected chi connectivity index (χ3v) is 8.01. The minimum Gasteiger partial charge on any atom is -0.478 e. The Balaban J connectivity index is 1.74. The molecule has 1 unspecified atom stereocenters. The zero-order valence-electron chi connectivity index (χ0n) is 21.9. The predicted octanol–water partition coefficient (Wildman–Crippen LogP) is 8.73. The maximum Gasteiger partial charge on any atom is 0.337 e. The first-order valence-electron chi connectivity index (χ1n) is 12.7. The number of carboxylic acid groups (broad SMARTS) is 1. The minimum absolute atomic E-state index is 0.0277. The topological polar surface area (TPSA) is 55.8 Å². The summed E-state index contributed by atoms with van der Waals surface area (Å²) in [6.07, 6.45) is 0.981. The lowest BCUT2D eigenvalue weighted by molar-refractivity contribution is 0.0697. The molecule has 5 rings (SSSR count). The number of carbonyl (C=O) groups is 1. The van der Waals surface area contributed by atoms with Crippen LogP contribution < -0.4 is 14.5 Å². The van der Waals surface area contributed by atoms with E-state index in [1.54, 1.807) is 30.1 Å². The lowest BCUT2D eigenvalue weighted by Crippen LogP contribution is -2.44. The summed E-state index contributed by atoms with van der Waals surface area (Å²) in [5, 5.41) is 9.89. The smallest absolute Gasteiger partial charge is 0.337 e. The molecule has 0 saturated carbocycles. The summed E-state index contributed by atoms with van der Waals surface area (Å²) in [6.45, 7) is 4.41. The first-order valence-corrected chi connectivity index (χ1v) is 13.9. The van der Waals surface area contributed by atoms with E-state index in [1.165, 1.54) is 12.1 Å². The van der Waals surface area contributed by atoms with Gasteiger partial charge in [0.15, 0.2) is 0 Å². The fourth-order valence-electron chi connectivity index (χ4n) is 4.88. The van der Waals surface area contributed by atoms with Crippen LogP contribution in [-0.2, 0) is 0 Å². The van der Waals surface area contributed by atoms with Gasteiger partial charge in [-0.3, -0.25) is 0 Å². The van der Waals surface area contributed by atoms with Crippen molar-refractivity contribution in [3.63, 3.8) is 0 Å². The molecule has 1 aliphatic heterocycles. The van der Waals surface area contributed by atoms with Gasteiger partial charge in [0.2, 0.25) is 0 Å². The van der Waals surface area contributed by atoms with Crippen LogP contribution in [0.15, 0.2) is 89.8 Å². The van der Waals surface area contributed by atoms with Crippen LogP contribution in [0.4, 0.5) is 27.1 Å². The van der Waals surface area contributed by atoms with Crippen molar-refractivity contribution in [1.82, 2.24) is 4.72 Å². The van der Waals surface area contributed by atoms with Gasteiger partial charge in [0.05, 0.1) is 28.1 Å². The number of carboxylic acids is 1. The molecule has 200 valence electrons. The van der Waals surface area contributed by atoms with Crippen molar-refractivity contribution in [3.8, 4) is 11.1 Å². The van der Waals surface area contributed by atoms with E-state index in [0.717, 1.165) is 33.9 Å². The lowest BCUT2D eigenvalue weighted by atomic mass is 9.98. The van der Waals surface area contributed by atoms with E-state index >= 15 is 0 Å². The largest absolute Gasteiger partial charge is 0.478 e. The zero-order chi connectivity index (χ0) is 27.7. The number of anilines is 4. The van der Waals surface area contributed by atoms with Crippen molar-refractivity contribution in [3.05, 3.63) is 101 Å². The van der Waals surface area contributed by atoms with Gasteiger partial charge >= 0.3 is 5.97 Å². The number of aromatic carboxylic acids is 1. The van der Waals surface area contributed by atoms with Crippen molar-refractivity contribution in [2.24, 2.45) is 5.92 Å². The van der Waals surface area contributed by atoms with Gasteiger partial charge in [-0.2, -0.15) is 0 Å². The Bertz CT molecular complexity index is 1520. The Morgan fingerprint density at radius 3 is 2.54 bits per heavy atom. The molecule has 0 fully saturated rings. The molecule has 0 aromatic heterocycles. The highest BCUT2D eigenvalue weighted by atomic mass is 35.5. The third kappa shape index (κ3) is 5.62. The number of para-hydroxylation sites is 1. The number of hydrogen-bond acceptors (Lipinski definition) is 5. The van der Waals surface area contributed by atoms with E-state index in [4.69, 9.17) is 11.6 Å². The van der Waals surface area contributed by atoms with Crippen LogP contribution in [0.5, 0.6) is 0 Å². The van der Waals surface area contributed by atoms with Crippen LogP contribution in [0, 0.1) is 11.7 Å². The zero-order valence-corrected chi connectivity index (χ0v) is 23.4. The Morgan fingerprint density at radius 1 is 1.08 bits per heavy atom. The Morgan fingerprint density at radius 2 is 1.85 bits per heavy atom. The molecular weight excluding hydrogens is 533 g/mol. The van der Waals surface area contributed by atoms with Gasteiger partial charge in [0.25, 0.3) is 0 Å². The predicted molar refractivity (Wildman–Crippen MR) is 159 cm³/mol. The van der Waals surface area contributed by atoms with Crippen LogP contribution in [0.2, 0.25) is 5.02 Å². The first kappa shape index (κ1) is 27.1. The Labute approximate surface area is 237 Å². The number of benzene rings is 4. The fourth-order valence-corrected chi connectivity index (χ4v) is 5.98. The van der Waals surface area contributed by atoms with Gasteiger partial charge in [0.1, 0.15) is 5.82 Å². The van der Waals surface area contributed by atoms with E-state index in [0.29, 0.717) is 17.2 Å². The fraction of sp³-hybridized carbons (Fsp3) is 0.194. The number of nitrogens with zero attached hydrogens (tertiary/aromatic N) is 2. The van der Waals surface area contributed by atoms with Crippen LogP contribution in [0.1, 0.15) is 30.6 Å². The number of halogens is 2. The Hall–Kier alpha value is -3.52. The quantitative estimate of drug-likeness (QED) is 0.220. The molecule has 1 aliphatic rings. The van der Waals surface area contributed by atoms with Gasteiger partial charge in [-0.25, -0.2) is 13.9 Å². The molecule has 0 spiro atoms. The summed E-state index contributed by atoms with van der Waals surface area (Å²) >= 11 is 7.77. The molecule has 0 saturated heterocycles. The van der Waals surface area contributed by atoms with Crippen molar-refractivity contribution in [2.45, 2.75) is 31.3 Å². The summed E-state index contributed by atoms with van der Waals surface area (Å²) in [4.78, 5) is 17.1. The van der Waals surface area contributed by atoms with E-state index in [9.17, 15) is 14.3 Å². The normalized spacial score (nSPS) is 14.8. The molecule has 0 bridgehead atoms. The number of nitrogens with one attached hydrogen (secondary N) is 1. The van der Waals surface area contributed by atoms with Gasteiger partial charge in [-0.1, -0.05) is 55.8 Å². The van der Waals surface area contributed by atoms with Crippen LogP contribution in [-0.4, -0.2) is 24.3 Å². The molecule has 1 atom stereocenters. The standard InChI is InChI=1S/C31H29ClFN3O2S/c1-19(2)14-30-34-39-29-17-24(20-12-13-26(32)25(15-20)31(37)38)27(35(3)23-11-7-8-21(33)16-23)18-28(29)36(30)22-9-5-4-6-10-22/h4-13,15-19,30,34H,14H2,1-3H3,(H,37,38). The van der Waals surface area contributed by atoms with Crippen molar-refractivity contribution in [2.75, 3.05) is 16.8 Å². The number of hydrogen-bond donors (Lipinski definition) is 2. The molecule has 0 aliphatic carbocycles. The lowest BCUT2D eigenvalue weighted by Gasteiger charge is -2.40. The van der Waals surface area contributed by atoms with Crippen molar-refractivity contribution in [1.29, 1.82) is 0 Å². The average molecular weight is 562 g/mol. The highest BCUT2D eigenvalue weighted by molar-refractivity contribution is 7.97. The molecule has 8 heteroatoms. The van der Waals surface area contributed by atoms with Gasteiger partial charge in [-0.05, 0) is 84.4 Å². The van der Waals surface area contributed by atoms with E-state index in [1.807, 2.05) is 42.3 Å². The molecule has 4 aromatic rings. The monoisotopic (exact) mass is 561 g/mol. The molecule has 0 radical (unpaired) electrons. The van der Waals surface area contributed by atoms with Crippen LogP contribution in [0.25, 0.3) is 11.1 Å². The Kier molecular flexibility index (Phi) is 7.84. The highest BCUT2D eigenvalue weighted by Gasteiger charge is 2.30. The molecular formula is C31H29ClFN3O2S.